The first-order valence-electron chi connectivity index (χ1n) is 8.30. The summed E-state index contributed by atoms with van der Waals surface area (Å²) in [7, 11) is 0. The van der Waals surface area contributed by atoms with Crippen LogP contribution in [0.2, 0.25) is 0 Å². The molecule has 0 unspecified atom stereocenters. The summed E-state index contributed by atoms with van der Waals surface area (Å²) in [5, 5.41) is 5.98. The van der Waals surface area contributed by atoms with E-state index in [-0.39, 0.29) is 18.0 Å². The summed E-state index contributed by atoms with van der Waals surface area (Å²) >= 11 is 2.17. The van der Waals surface area contributed by atoms with Gasteiger partial charge in [-0.15, -0.1) is 0 Å². The molecule has 3 amide bonds. The maximum Gasteiger partial charge on any atom is 0.321 e. The van der Waals surface area contributed by atoms with Gasteiger partial charge in [-0.3, -0.25) is 4.79 Å². The summed E-state index contributed by atoms with van der Waals surface area (Å²) in [6.07, 6.45) is 1.52. The van der Waals surface area contributed by atoms with E-state index in [9.17, 15) is 9.59 Å². The van der Waals surface area contributed by atoms with Crippen molar-refractivity contribution in [2.24, 2.45) is 0 Å². The van der Waals surface area contributed by atoms with Gasteiger partial charge in [-0.1, -0.05) is 30.3 Å². The van der Waals surface area contributed by atoms with Crippen molar-refractivity contribution in [2.75, 3.05) is 18.4 Å². The van der Waals surface area contributed by atoms with Gasteiger partial charge >= 0.3 is 6.03 Å². The number of nitrogens with one attached hydrogen (secondary N) is 2. The molecule has 0 bridgehead atoms. The Morgan fingerprint density at radius 2 is 1.60 bits per heavy atom. The number of rotatable bonds is 3. The molecule has 25 heavy (non-hydrogen) atoms. The quantitative estimate of drug-likeness (QED) is 0.702. The molecule has 2 N–H and O–H groups in total. The molecule has 1 aliphatic heterocycles. The van der Waals surface area contributed by atoms with Gasteiger partial charge in [-0.2, -0.15) is 0 Å². The molecule has 0 aromatic heterocycles. The van der Waals surface area contributed by atoms with E-state index >= 15 is 0 Å². The number of halogens is 1. The minimum absolute atomic E-state index is 0.0443. The minimum Gasteiger partial charge on any atom is -0.349 e. The van der Waals surface area contributed by atoms with E-state index in [4.69, 9.17) is 0 Å². The van der Waals surface area contributed by atoms with Crippen molar-refractivity contribution in [2.45, 2.75) is 18.9 Å². The predicted molar refractivity (Wildman–Crippen MR) is 107 cm³/mol. The van der Waals surface area contributed by atoms with Crippen LogP contribution in [-0.4, -0.2) is 36.0 Å². The summed E-state index contributed by atoms with van der Waals surface area (Å²) < 4.78 is 0.942. The van der Waals surface area contributed by atoms with Crippen LogP contribution >= 0.6 is 22.6 Å². The zero-order valence-electron chi connectivity index (χ0n) is 13.7. The smallest absolute Gasteiger partial charge is 0.321 e. The van der Waals surface area contributed by atoms with Crippen molar-refractivity contribution < 1.29 is 9.59 Å². The normalized spacial score (nSPS) is 14.8. The van der Waals surface area contributed by atoms with Crippen molar-refractivity contribution in [3.05, 3.63) is 63.7 Å². The fraction of sp³-hybridized carbons (Fsp3) is 0.263. The number of anilines is 1. The minimum atomic E-state index is -0.0893. The molecule has 5 nitrogen and oxygen atoms in total. The van der Waals surface area contributed by atoms with Crippen LogP contribution in [0.5, 0.6) is 0 Å². The van der Waals surface area contributed by atoms with Crippen LogP contribution in [0.4, 0.5) is 10.5 Å². The Hall–Kier alpha value is -2.09. The summed E-state index contributed by atoms with van der Waals surface area (Å²) in [5.41, 5.74) is 1.49. The van der Waals surface area contributed by atoms with Crippen LogP contribution in [-0.2, 0) is 0 Å². The van der Waals surface area contributed by atoms with Gasteiger partial charge in [0.05, 0.1) is 5.56 Å². The van der Waals surface area contributed by atoms with Gasteiger partial charge in [0.25, 0.3) is 5.91 Å². The SMILES string of the molecule is O=C(NC1CCN(C(=O)Nc2ccccc2)CC1)c1ccccc1I. The van der Waals surface area contributed by atoms with E-state index < -0.39 is 0 Å². The zero-order chi connectivity index (χ0) is 17.6. The molecule has 1 aliphatic rings. The van der Waals surface area contributed by atoms with E-state index in [0.29, 0.717) is 18.7 Å². The van der Waals surface area contributed by atoms with E-state index in [1.807, 2.05) is 54.6 Å². The first-order valence-corrected chi connectivity index (χ1v) is 9.38. The number of carbonyl (C=O) groups excluding carboxylic acids is 2. The maximum absolute atomic E-state index is 12.4. The Labute approximate surface area is 160 Å². The largest absolute Gasteiger partial charge is 0.349 e. The van der Waals surface area contributed by atoms with Gasteiger partial charge in [0, 0.05) is 28.4 Å². The summed E-state index contributed by atoms with van der Waals surface area (Å²) in [6, 6.07) is 17.0. The summed E-state index contributed by atoms with van der Waals surface area (Å²) in [4.78, 5) is 26.5. The molecule has 130 valence electrons. The number of benzene rings is 2. The van der Waals surface area contributed by atoms with Crippen LogP contribution in [0.15, 0.2) is 54.6 Å². The number of nitrogens with zero attached hydrogens (tertiary/aromatic N) is 1. The van der Waals surface area contributed by atoms with E-state index in [1.54, 1.807) is 4.90 Å². The molecule has 0 radical (unpaired) electrons. The molecule has 3 rings (SSSR count). The van der Waals surface area contributed by atoms with Gasteiger partial charge in [-0.25, -0.2) is 4.79 Å². The van der Waals surface area contributed by atoms with Gasteiger partial charge in [-0.05, 0) is 59.7 Å². The molecule has 1 heterocycles. The first-order chi connectivity index (χ1) is 12.1. The molecule has 0 saturated carbocycles. The van der Waals surface area contributed by atoms with Crippen molar-refractivity contribution in [3.8, 4) is 0 Å². The third kappa shape index (κ3) is 4.72. The van der Waals surface area contributed by atoms with Crippen LogP contribution in [0.1, 0.15) is 23.2 Å². The third-order valence-corrected chi connectivity index (χ3v) is 5.20. The second-order valence-corrected chi connectivity index (χ2v) is 7.17. The number of para-hydroxylation sites is 1. The van der Waals surface area contributed by atoms with E-state index in [0.717, 1.165) is 22.1 Å². The number of hydrogen-bond donors (Lipinski definition) is 2. The molecule has 1 saturated heterocycles. The number of likely N-dealkylation sites (tertiary alicyclic amines) is 1. The fourth-order valence-corrected chi connectivity index (χ4v) is 3.49. The lowest BCUT2D eigenvalue weighted by Gasteiger charge is -2.32. The van der Waals surface area contributed by atoms with Gasteiger partial charge in [0.1, 0.15) is 0 Å². The Morgan fingerprint density at radius 3 is 2.28 bits per heavy atom. The third-order valence-electron chi connectivity index (χ3n) is 4.26. The number of carbonyl (C=O) groups is 2. The molecule has 6 heteroatoms. The average Bonchev–Trinajstić information content (AvgIpc) is 2.63. The average molecular weight is 449 g/mol. The van der Waals surface area contributed by atoms with Gasteiger partial charge < -0.3 is 15.5 Å². The molecule has 2 aromatic carbocycles. The highest BCUT2D eigenvalue weighted by Crippen LogP contribution is 2.16. The second kappa shape index (κ2) is 8.33. The molecule has 1 fully saturated rings. The Balaban J connectivity index is 1.49. The fourth-order valence-electron chi connectivity index (χ4n) is 2.86. The lowest BCUT2D eigenvalue weighted by molar-refractivity contribution is 0.0918. The van der Waals surface area contributed by atoms with Gasteiger partial charge in [0.2, 0.25) is 0 Å². The van der Waals surface area contributed by atoms with Crippen LogP contribution in [0.3, 0.4) is 0 Å². The predicted octanol–water partition coefficient (Wildman–Crippen LogP) is 3.72. The number of amides is 3. The molecule has 0 spiro atoms. The molecule has 2 aromatic rings. The van der Waals surface area contributed by atoms with Crippen molar-refractivity contribution in [1.82, 2.24) is 10.2 Å². The topological polar surface area (TPSA) is 61.4 Å². The molecule has 0 aliphatic carbocycles. The van der Waals surface area contributed by atoms with Crippen molar-refractivity contribution >= 4 is 40.2 Å². The summed E-state index contributed by atoms with van der Waals surface area (Å²) in [6.45, 7) is 1.27. The molecule has 0 atom stereocenters. The Kier molecular flexibility index (Phi) is 5.91. The van der Waals surface area contributed by atoms with E-state index in [2.05, 4.69) is 33.2 Å². The highest BCUT2D eigenvalue weighted by atomic mass is 127. The standard InChI is InChI=1S/C19H20IN3O2/c20-17-9-5-4-8-16(17)18(24)21-15-10-12-23(13-11-15)19(25)22-14-6-2-1-3-7-14/h1-9,15H,10-13H2,(H,21,24)(H,22,25). The monoisotopic (exact) mass is 449 g/mol. The second-order valence-electron chi connectivity index (χ2n) is 6.01. The molecular weight excluding hydrogens is 429 g/mol. The van der Waals surface area contributed by atoms with Crippen LogP contribution in [0, 0.1) is 3.57 Å². The Morgan fingerprint density at radius 1 is 0.960 bits per heavy atom. The number of urea groups is 1. The molecular formula is C19H20IN3O2. The van der Waals surface area contributed by atoms with Crippen LogP contribution < -0.4 is 10.6 Å². The highest BCUT2D eigenvalue weighted by molar-refractivity contribution is 14.1. The zero-order valence-corrected chi connectivity index (χ0v) is 15.9. The first kappa shape index (κ1) is 17.7. The summed E-state index contributed by atoms with van der Waals surface area (Å²) in [5.74, 6) is -0.0443. The Bertz CT molecular complexity index is 743. The lowest BCUT2D eigenvalue weighted by Crippen LogP contribution is -2.47. The van der Waals surface area contributed by atoms with Gasteiger partial charge in [0.15, 0.2) is 0 Å². The number of piperidine rings is 1. The lowest BCUT2D eigenvalue weighted by atomic mass is 10.0. The van der Waals surface area contributed by atoms with E-state index in [1.165, 1.54) is 0 Å². The van der Waals surface area contributed by atoms with Crippen LogP contribution in [0.25, 0.3) is 0 Å². The maximum atomic E-state index is 12.4. The number of hydrogen-bond acceptors (Lipinski definition) is 2. The van der Waals surface area contributed by atoms with Crippen molar-refractivity contribution in [3.63, 3.8) is 0 Å². The van der Waals surface area contributed by atoms with Crippen molar-refractivity contribution in [1.29, 1.82) is 0 Å². The highest BCUT2D eigenvalue weighted by Gasteiger charge is 2.24.